The highest BCUT2D eigenvalue weighted by atomic mass is 16.4. The zero-order valence-electron chi connectivity index (χ0n) is 36.3. The molecule has 7 nitrogen and oxygen atoms in total. The van der Waals surface area contributed by atoms with Crippen LogP contribution in [0.2, 0.25) is 0 Å². The smallest absolute Gasteiger partial charge is 0.303 e. The van der Waals surface area contributed by atoms with Crippen LogP contribution < -0.4 is 5.32 Å². The lowest BCUT2D eigenvalue weighted by Gasteiger charge is -2.28. The molecule has 0 aliphatic carbocycles. The number of carbonyl (C=O) groups is 3. The van der Waals surface area contributed by atoms with Gasteiger partial charge in [-0.3, -0.25) is 14.4 Å². The van der Waals surface area contributed by atoms with Crippen molar-refractivity contribution in [3.05, 3.63) is 0 Å². The molecule has 0 heterocycles. The van der Waals surface area contributed by atoms with Crippen molar-refractivity contribution < 1.29 is 24.0 Å². The molecule has 0 saturated carbocycles. The summed E-state index contributed by atoms with van der Waals surface area (Å²) in [6.07, 6.45) is 39.6. The summed E-state index contributed by atoms with van der Waals surface area (Å²) in [5, 5.41) is 12.4. The Labute approximate surface area is 330 Å². The van der Waals surface area contributed by atoms with E-state index in [2.05, 4.69) is 40.3 Å². The van der Waals surface area contributed by atoms with Crippen LogP contribution in [0.4, 0.5) is 0 Å². The Bertz CT molecular complexity index is 811. The van der Waals surface area contributed by atoms with Gasteiger partial charge in [0.1, 0.15) is 6.04 Å². The summed E-state index contributed by atoms with van der Waals surface area (Å²) < 4.78 is 0.909. The number of carboxylic acid groups (broad SMARTS) is 1. The van der Waals surface area contributed by atoms with Gasteiger partial charge in [-0.2, -0.15) is 0 Å². The maximum absolute atomic E-state index is 13.9. The first-order valence-corrected chi connectivity index (χ1v) is 23.2. The van der Waals surface area contributed by atoms with Crippen molar-refractivity contribution in [2.45, 2.75) is 238 Å². The van der Waals surface area contributed by atoms with Crippen LogP contribution in [-0.4, -0.2) is 79.1 Å². The van der Waals surface area contributed by atoms with E-state index in [1.165, 1.54) is 154 Å². The molecule has 0 bridgehead atoms. The fourth-order valence-corrected chi connectivity index (χ4v) is 7.39. The molecule has 7 heteroatoms. The zero-order valence-corrected chi connectivity index (χ0v) is 36.3. The van der Waals surface area contributed by atoms with Gasteiger partial charge in [-0.15, -0.1) is 0 Å². The summed E-state index contributed by atoms with van der Waals surface area (Å²) in [6, 6.07) is -0.761. The van der Waals surface area contributed by atoms with Gasteiger partial charge in [-0.25, -0.2) is 0 Å². The summed E-state index contributed by atoms with van der Waals surface area (Å²) in [4.78, 5) is 40.3. The third kappa shape index (κ3) is 37.1. The van der Waals surface area contributed by atoms with Crippen LogP contribution in [-0.2, 0) is 14.4 Å². The van der Waals surface area contributed by atoms with Crippen LogP contribution in [0.25, 0.3) is 0 Å². The Morgan fingerprint density at radius 1 is 0.491 bits per heavy atom. The summed E-state index contributed by atoms with van der Waals surface area (Å²) in [6.45, 7) is 7.00. The molecule has 0 aromatic heterocycles. The van der Waals surface area contributed by atoms with Gasteiger partial charge in [0, 0.05) is 25.9 Å². The second-order valence-electron chi connectivity index (χ2n) is 17.4. The maximum Gasteiger partial charge on any atom is 0.303 e. The van der Waals surface area contributed by atoms with Crippen molar-refractivity contribution in [2.24, 2.45) is 0 Å². The quantitative estimate of drug-likeness (QED) is 0.0481. The van der Waals surface area contributed by atoms with Crippen LogP contribution >= 0.6 is 0 Å². The number of quaternary nitrogens is 1. The van der Waals surface area contributed by atoms with E-state index in [0.717, 1.165) is 56.0 Å². The van der Waals surface area contributed by atoms with Crippen LogP contribution in [0.1, 0.15) is 232 Å². The lowest BCUT2D eigenvalue weighted by Crippen LogP contribution is -2.49. The van der Waals surface area contributed by atoms with Gasteiger partial charge in [-0.1, -0.05) is 181 Å². The molecule has 0 fully saturated rings. The van der Waals surface area contributed by atoms with E-state index >= 15 is 0 Å². The summed E-state index contributed by atoms with van der Waals surface area (Å²) in [5.41, 5.74) is 0. The molecule has 2 amide bonds. The van der Waals surface area contributed by atoms with Crippen molar-refractivity contribution in [1.82, 2.24) is 10.2 Å². The molecule has 0 saturated heterocycles. The third-order valence-electron chi connectivity index (χ3n) is 10.9. The average Bonchev–Trinajstić information content (AvgIpc) is 3.11. The highest BCUT2D eigenvalue weighted by Crippen LogP contribution is 2.16. The molecule has 2 N–H and O–H groups in total. The Kier molecular flexibility index (Phi) is 36.2. The third-order valence-corrected chi connectivity index (χ3v) is 10.9. The van der Waals surface area contributed by atoms with E-state index in [4.69, 9.17) is 0 Å². The first-order chi connectivity index (χ1) is 25.6. The second-order valence-corrected chi connectivity index (χ2v) is 17.4. The minimum absolute atomic E-state index is 0.0889. The second kappa shape index (κ2) is 37.3. The molecule has 0 aromatic carbocycles. The van der Waals surface area contributed by atoms with E-state index in [9.17, 15) is 19.5 Å². The largest absolute Gasteiger partial charge is 0.481 e. The van der Waals surface area contributed by atoms with E-state index < -0.39 is 12.0 Å². The van der Waals surface area contributed by atoms with Gasteiger partial charge < -0.3 is 19.8 Å². The summed E-state index contributed by atoms with van der Waals surface area (Å²) in [7, 11) is 6.53. The first kappa shape index (κ1) is 51.4. The number of carbonyl (C=O) groups excluding carboxylic acids is 2. The Balaban J connectivity index is 4.78. The van der Waals surface area contributed by atoms with Crippen molar-refractivity contribution in [2.75, 3.05) is 40.8 Å². The molecular weight excluding hydrogens is 659 g/mol. The Morgan fingerprint density at radius 3 is 1.17 bits per heavy atom. The Hall–Kier alpha value is -1.63. The fraction of sp³-hybridized carbons (Fsp3) is 0.935. The molecule has 0 aliphatic rings. The van der Waals surface area contributed by atoms with Crippen molar-refractivity contribution in [3.63, 3.8) is 0 Å². The zero-order chi connectivity index (χ0) is 39.3. The van der Waals surface area contributed by atoms with Crippen molar-refractivity contribution >= 4 is 17.8 Å². The highest BCUT2D eigenvalue weighted by molar-refractivity contribution is 5.88. The van der Waals surface area contributed by atoms with E-state index in [1.54, 1.807) is 0 Å². The molecule has 0 unspecified atom stereocenters. The average molecular weight is 751 g/mol. The van der Waals surface area contributed by atoms with Crippen molar-refractivity contribution in [1.29, 1.82) is 0 Å². The number of rotatable bonds is 41. The van der Waals surface area contributed by atoms with Crippen LogP contribution in [0, 0.1) is 0 Å². The summed E-state index contributed by atoms with van der Waals surface area (Å²) >= 11 is 0. The molecule has 0 rings (SSSR count). The van der Waals surface area contributed by atoms with E-state index in [1.807, 2.05) is 4.90 Å². The molecular formula is C46H92N3O4+. The number of aliphatic carboxylic acids is 1. The highest BCUT2D eigenvalue weighted by Gasteiger charge is 2.26. The van der Waals surface area contributed by atoms with Gasteiger partial charge in [0.25, 0.3) is 0 Å². The number of unbranched alkanes of at least 4 members (excludes halogenated alkanes) is 28. The maximum atomic E-state index is 13.9. The van der Waals surface area contributed by atoms with Gasteiger partial charge in [-0.05, 0) is 38.5 Å². The standard InChI is InChI=1S/C46H91N3O4/c1-6-8-10-12-14-16-18-20-22-24-26-28-30-34-40-48(41-35-31-29-27-25-23-21-19-17-15-13-11-9-7-2)46(53)43(38-39-45(51)52)47-44(50)37-33-32-36-42-49(3,4)5/h43H,6-42H2,1-5H3,(H-,47,50,51,52)/p+1/t43-/m0/s1. The van der Waals surface area contributed by atoms with Gasteiger partial charge in [0.05, 0.1) is 27.7 Å². The number of amides is 2. The number of nitrogens with zero attached hydrogens (tertiary/aromatic N) is 2. The molecule has 1 atom stereocenters. The molecule has 314 valence electrons. The number of carboxylic acids is 1. The van der Waals surface area contributed by atoms with Gasteiger partial charge in [0.15, 0.2) is 0 Å². The van der Waals surface area contributed by atoms with Crippen LogP contribution in [0.3, 0.4) is 0 Å². The topological polar surface area (TPSA) is 86.7 Å². The first-order valence-electron chi connectivity index (χ1n) is 23.2. The SMILES string of the molecule is CCCCCCCCCCCCCCCCN(CCCCCCCCCCCCCCCC)C(=O)[C@H](CCC(=O)O)NC(=O)CCCCC[N+](C)(C)C. The lowest BCUT2D eigenvalue weighted by atomic mass is 10.0. The number of hydrogen-bond acceptors (Lipinski definition) is 3. The molecule has 0 radical (unpaired) electrons. The van der Waals surface area contributed by atoms with Crippen LogP contribution in [0.5, 0.6) is 0 Å². The normalized spacial score (nSPS) is 12.2. The number of nitrogens with one attached hydrogen (secondary N) is 1. The van der Waals surface area contributed by atoms with E-state index in [0.29, 0.717) is 19.5 Å². The predicted octanol–water partition coefficient (Wildman–Crippen LogP) is 12.4. The van der Waals surface area contributed by atoms with Gasteiger partial charge in [0.2, 0.25) is 11.8 Å². The van der Waals surface area contributed by atoms with E-state index in [-0.39, 0.29) is 24.7 Å². The molecule has 0 spiro atoms. The Morgan fingerprint density at radius 2 is 0.830 bits per heavy atom. The lowest BCUT2D eigenvalue weighted by molar-refractivity contribution is -0.870. The minimum atomic E-state index is -0.928. The number of hydrogen-bond donors (Lipinski definition) is 2. The minimum Gasteiger partial charge on any atom is -0.481 e. The molecule has 0 aromatic rings. The summed E-state index contributed by atoms with van der Waals surface area (Å²) in [5.74, 6) is -1.15. The monoisotopic (exact) mass is 751 g/mol. The van der Waals surface area contributed by atoms with Gasteiger partial charge >= 0.3 is 5.97 Å². The predicted molar refractivity (Wildman–Crippen MR) is 227 cm³/mol. The van der Waals surface area contributed by atoms with Crippen molar-refractivity contribution in [3.8, 4) is 0 Å². The fourth-order valence-electron chi connectivity index (χ4n) is 7.39. The van der Waals surface area contributed by atoms with Crippen LogP contribution in [0.15, 0.2) is 0 Å². The molecule has 53 heavy (non-hydrogen) atoms. The molecule has 0 aliphatic heterocycles.